The smallest absolute Gasteiger partial charge is 0.401 e. The second-order valence-corrected chi connectivity index (χ2v) is 9.56. The van der Waals surface area contributed by atoms with Crippen molar-refractivity contribution in [2.75, 3.05) is 0 Å². The molecule has 29 heavy (non-hydrogen) atoms. The van der Waals surface area contributed by atoms with Crippen molar-refractivity contribution in [2.45, 2.75) is 76.4 Å². The Hall–Kier alpha value is -1.09. The zero-order valence-corrected chi connectivity index (χ0v) is 18.0. The number of halogens is 6. The molecular weight excluding hydrogens is 414 g/mol. The van der Waals surface area contributed by atoms with Gasteiger partial charge in [0.15, 0.2) is 9.76 Å². The Kier molecular flexibility index (Phi) is 5.65. The summed E-state index contributed by atoms with van der Waals surface area (Å²) >= 11 is 0. The summed E-state index contributed by atoms with van der Waals surface area (Å²) in [7, 11) is -1.98. The van der Waals surface area contributed by atoms with E-state index in [0.29, 0.717) is 25.7 Å². The maximum atomic E-state index is 13.4. The number of hydrogen-bond acceptors (Lipinski definition) is 2. The Morgan fingerprint density at radius 1 is 1.17 bits per heavy atom. The van der Waals surface area contributed by atoms with E-state index >= 15 is 0 Å². The van der Waals surface area contributed by atoms with Gasteiger partial charge in [-0.25, -0.2) is 0 Å². The summed E-state index contributed by atoms with van der Waals surface area (Å²) in [6.07, 6.45) is -3.67. The molecule has 0 heterocycles. The van der Waals surface area contributed by atoms with Gasteiger partial charge in [0.05, 0.1) is 0 Å². The number of carbonyl (C=O) groups excluding carboxylic acids is 1. The van der Waals surface area contributed by atoms with Crippen molar-refractivity contribution in [3.05, 3.63) is 23.8 Å². The molecule has 0 saturated heterocycles. The van der Waals surface area contributed by atoms with Crippen LogP contribution in [0.25, 0.3) is 0 Å². The number of alkyl halides is 6. The van der Waals surface area contributed by atoms with Crippen LogP contribution in [-0.2, 0) is 9.22 Å². The van der Waals surface area contributed by atoms with Crippen LogP contribution in [0.3, 0.4) is 0 Å². The number of carbonyl (C=O) groups is 1. The van der Waals surface area contributed by atoms with Gasteiger partial charge in [0.25, 0.3) is 5.60 Å². The van der Waals surface area contributed by atoms with E-state index in [2.05, 4.69) is 4.43 Å². The van der Waals surface area contributed by atoms with Crippen LogP contribution >= 0.6 is 0 Å². The van der Waals surface area contributed by atoms with Gasteiger partial charge in [-0.05, 0) is 55.4 Å². The summed E-state index contributed by atoms with van der Waals surface area (Å²) < 4.78 is 84.8. The van der Waals surface area contributed by atoms with Gasteiger partial charge in [-0.2, -0.15) is 26.3 Å². The van der Waals surface area contributed by atoms with Gasteiger partial charge < -0.3 is 4.43 Å². The molecule has 3 rings (SSSR count). The Balaban J connectivity index is 1.84. The minimum absolute atomic E-state index is 0.0951. The molecule has 0 aromatic carbocycles. The third-order valence-electron chi connectivity index (χ3n) is 6.95. The molecule has 0 bridgehead atoms. The molecule has 2 nitrogen and oxygen atoms in total. The topological polar surface area (TPSA) is 26.3 Å². The third-order valence-corrected chi connectivity index (χ3v) is 7.69. The molecule has 2 saturated carbocycles. The summed E-state index contributed by atoms with van der Waals surface area (Å²) in [5.74, 6) is 0.109. The molecule has 2 atom stereocenters. The summed E-state index contributed by atoms with van der Waals surface area (Å²) in [5, 5.41) is 0. The van der Waals surface area contributed by atoms with Crippen LogP contribution in [0.5, 0.6) is 0 Å². The lowest BCUT2D eigenvalue weighted by atomic mass is 9.62. The van der Waals surface area contributed by atoms with Gasteiger partial charge >= 0.3 is 12.4 Å². The fourth-order valence-corrected chi connectivity index (χ4v) is 6.19. The molecule has 164 valence electrons. The SMILES string of the molecule is C[SiH2]OC(C=CCC1(C2=CC[C@H]3C(=O)CCC[C@@]23C)CC1)(C(F)(F)F)C(F)(F)F. The molecule has 0 unspecified atom stereocenters. The van der Waals surface area contributed by atoms with Gasteiger partial charge in [-0.3, -0.25) is 4.79 Å². The maximum Gasteiger partial charge on any atom is 0.429 e. The number of rotatable bonds is 6. The van der Waals surface area contributed by atoms with E-state index in [1.165, 1.54) is 6.55 Å². The lowest BCUT2D eigenvalue weighted by Crippen LogP contribution is -2.57. The monoisotopic (exact) mass is 440 g/mol. The summed E-state index contributed by atoms with van der Waals surface area (Å²) in [4.78, 5) is 12.3. The first-order valence-corrected chi connectivity index (χ1v) is 12.0. The predicted molar refractivity (Wildman–Crippen MR) is 98.9 cm³/mol. The van der Waals surface area contributed by atoms with Crippen LogP contribution in [-0.4, -0.2) is 33.5 Å². The van der Waals surface area contributed by atoms with Crippen molar-refractivity contribution in [3.63, 3.8) is 0 Å². The van der Waals surface area contributed by atoms with Crippen molar-refractivity contribution in [1.82, 2.24) is 0 Å². The van der Waals surface area contributed by atoms with Crippen molar-refractivity contribution >= 4 is 15.5 Å². The van der Waals surface area contributed by atoms with Crippen LogP contribution in [0.15, 0.2) is 23.8 Å². The van der Waals surface area contributed by atoms with Gasteiger partial charge in [-0.15, -0.1) is 0 Å². The Labute approximate surface area is 168 Å². The first-order chi connectivity index (χ1) is 13.3. The van der Waals surface area contributed by atoms with E-state index in [1.807, 2.05) is 13.0 Å². The first-order valence-electron chi connectivity index (χ1n) is 10.0. The van der Waals surface area contributed by atoms with Crippen molar-refractivity contribution < 1.29 is 35.6 Å². The zero-order valence-electron chi connectivity index (χ0n) is 16.6. The molecular formula is C20H26F6O2Si. The quantitative estimate of drug-likeness (QED) is 0.313. The summed E-state index contributed by atoms with van der Waals surface area (Å²) in [6, 6.07) is 0. The summed E-state index contributed by atoms with van der Waals surface area (Å²) in [5.41, 5.74) is -3.93. The second kappa shape index (κ2) is 7.25. The molecule has 0 N–H and O–H groups in total. The van der Waals surface area contributed by atoms with Crippen LogP contribution in [0.1, 0.15) is 51.9 Å². The number of Topliss-reactive ketones (excluding diaryl/α,β-unsaturated/α-hetero) is 1. The fraction of sp³-hybridized carbons (Fsp3) is 0.750. The van der Waals surface area contributed by atoms with Gasteiger partial charge in [0.1, 0.15) is 5.78 Å². The van der Waals surface area contributed by atoms with E-state index in [1.54, 1.807) is 0 Å². The average molecular weight is 441 g/mol. The Bertz CT molecular complexity index is 705. The maximum absolute atomic E-state index is 13.4. The Morgan fingerprint density at radius 2 is 1.79 bits per heavy atom. The van der Waals surface area contributed by atoms with Gasteiger partial charge in [-0.1, -0.05) is 31.2 Å². The highest BCUT2D eigenvalue weighted by atomic mass is 28.2. The van der Waals surface area contributed by atoms with Crippen LogP contribution in [0, 0.1) is 16.7 Å². The molecule has 0 amide bonds. The van der Waals surface area contributed by atoms with Gasteiger partial charge in [0, 0.05) is 12.3 Å². The van der Waals surface area contributed by atoms with Crippen LogP contribution < -0.4 is 0 Å². The number of allylic oxidation sites excluding steroid dienone is 3. The largest absolute Gasteiger partial charge is 0.429 e. The zero-order chi connectivity index (χ0) is 21.7. The van der Waals surface area contributed by atoms with Crippen LogP contribution in [0.2, 0.25) is 6.55 Å². The third kappa shape index (κ3) is 3.62. The minimum atomic E-state index is -5.58. The molecule has 3 aliphatic rings. The molecule has 3 aliphatic carbocycles. The standard InChI is InChI=1S/C20H26F6O2Si/c1-16-8-3-5-14(27)13(16)6-7-15(16)17(11-12-17)9-4-10-18(28-29-2,19(21,22)23)20(24,25)26/h4,7,10,13H,3,5-6,8-9,11-12,29H2,1-2H3/t13-,16+/m0/s1. The van der Waals surface area contributed by atoms with Gasteiger partial charge in [0.2, 0.25) is 0 Å². The number of hydrogen-bond donors (Lipinski definition) is 0. The van der Waals surface area contributed by atoms with Crippen molar-refractivity contribution in [3.8, 4) is 0 Å². The highest BCUT2D eigenvalue weighted by Gasteiger charge is 2.70. The van der Waals surface area contributed by atoms with E-state index in [-0.39, 0.29) is 29.6 Å². The van der Waals surface area contributed by atoms with Crippen molar-refractivity contribution in [2.24, 2.45) is 16.7 Å². The number of ketones is 1. The molecule has 2 fully saturated rings. The first kappa shape index (κ1) is 22.6. The predicted octanol–water partition coefficient (Wildman–Crippen LogP) is 5.43. The molecule has 0 aromatic rings. The minimum Gasteiger partial charge on any atom is -0.401 e. The second-order valence-electron chi connectivity index (χ2n) is 8.69. The van der Waals surface area contributed by atoms with E-state index in [0.717, 1.165) is 24.5 Å². The molecule has 9 heteroatoms. The summed E-state index contributed by atoms with van der Waals surface area (Å²) in [6.45, 7) is 3.27. The van der Waals surface area contributed by atoms with Crippen LogP contribution in [0.4, 0.5) is 26.3 Å². The van der Waals surface area contributed by atoms with E-state index < -0.39 is 33.1 Å². The molecule has 0 aromatic heterocycles. The van der Waals surface area contributed by atoms with E-state index in [9.17, 15) is 31.1 Å². The number of fused-ring (bicyclic) bond motifs is 1. The average Bonchev–Trinajstić information content (AvgIpc) is 3.26. The van der Waals surface area contributed by atoms with Crippen molar-refractivity contribution in [1.29, 1.82) is 0 Å². The fourth-order valence-electron chi connectivity index (χ4n) is 5.31. The van der Waals surface area contributed by atoms with E-state index in [4.69, 9.17) is 0 Å². The molecule has 0 radical (unpaired) electrons. The Morgan fingerprint density at radius 3 is 2.31 bits per heavy atom. The molecule has 0 spiro atoms. The highest BCUT2D eigenvalue weighted by molar-refractivity contribution is 6.25. The lowest BCUT2D eigenvalue weighted by molar-refractivity contribution is -0.338. The molecule has 0 aliphatic heterocycles. The lowest BCUT2D eigenvalue weighted by Gasteiger charge is -2.41. The normalized spacial score (nSPS) is 30.3. The highest BCUT2D eigenvalue weighted by Crippen LogP contribution is 2.66.